The molecule has 1 amide bonds. The zero-order valence-electron chi connectivity index (χ0n) is 11.6. The minimum atomic E-state index is -0.300. The van der Waals surface area contributed by atoms with Crippen LogP contribution in [0.4, 0.5) is 4.39 Å². The van der Waals surface area contributed by atoms with Gasteiger partial charge in [-0.25, -0.2) is 9.37 Å². The van der Waals surface area contributed by atoms with Crippen molar-refractivity contribution >= 4 is 32.9 Å². The van der Waals surface area contributed by atoms with Crippen molar-refractivity contribution in [2.24, 2.45) is 0 Å². The molecule has 0 bridgehead atoms. The highest BCUT2D eigenvalue weighted by molar-refractivity contribution is 9.10. The Kier molecular flexibility index (Phi) is 4.20. The predicted molar refractivity (Wildman–Crippen MR) is 86.2 cm³/mol. The Morgan fingerprint density at radius 3 is 2.95 bits per heavy atom. The summed E-state index contributed by atoms with van der Waals surface area (Å²) in [6, 6.07) is 11.6. The van der Waals surface area contributed by atoms with Gasteiger partial charge < -0.3 is 10.3 Å². The fraction of sp³-hybridized carbons (Fsp3) is 0.125. The largest absolute Gasteiger partial charge is 0.352 e. The smallest absolute Gasteiger partial charge is 0.251 e. The van der Waals surface area contributed by atoms with Gasteiger partial charge in [-0.2, -0.15) is 0 Å². The summed E-state index contributed by atoms with van der Waals surface area (Å²) in [6.07, 6.45) is 0.552. The molecule has 3 aromatic rings. The number of nitrogens with zero attached hydrogens (tertiary/aromatic N) is 1. The van der Waals surface area contributed by atoms with Crippen LogP contribution in [0.25, 0.3) is 11.0 Å². The molecule has 0 aliphatic rings. The SMILES string of the molecule is O=C(NCCc1nc2ccc(F)cc2[nH]1)c1cccc(Br)c1. The van der Waals surface area contributed by atoms with Gasteiger partial charge in [0.1, 0.15) is 11.6 Å². The van der Waals surface area contributed by atoms with Crippen LogP contribution < -0.4 is 5.32 Å². The van der Waals surface area contributed by atoms with Crippen molar-refractivity contribution in [1.82, 2.24) is 15.3 Å². The third-order valence-electron chi connectivity index (χ3n) is 3.23. The first-order chi connectivity index (χ1) is 10.6. The molecule has 2 N–H and O–H groups in total. The first-order valence-electron chi connectivity index (χ1n) is 6.80. The van der Waals surface area contributed by atoms with Gasteiger partial charge in [-0.15, -0.1) is 0 Å². The van der Waals surface area contributed by atoms with E-state index in [9.17, 15) is 9.18 Å². The molecule has 0 aliphatic heterocycles. The molecule has 112 valence electrons. The molecule has 6 heteroatoms. The third kappa shape index (κ3) is 3.33. The van der Waals surface area contributed by atoms with Crippen LogP contribution in [0.1, 0.15) is 16.2 Å². The number of hydrogen-bond donors (Lipinski definition) is 2. The lowest BCUT2D eigenvalue weighted by molar-refractivity contribution is 0.0954. The van der Waals surface area contributed by atoms with E-state index in [1.807, 2.05) is 12.1 Å². The number of benzene rings is 2. The summed E-state index contributed by atoms with van der Waals surface area (Å²) in [4.78, 5) is 19.4. The zero-order chi connectivity index (χ0) is 15.5. The second-order valence-electron chi connectivity index (χ2n) is 4.86. The van der Waals surface area contributed by atoms with E-state index in [2.05, 4.69) is 31.2 Å². The number of imidazole rings is 1. The second-order valence-corrected chi connectivity index (χ2v) is 5.78. The minimum absolute atomic E-state index is 0.136. The fourth-order valence-electron chi connectivity index (χ4n) is 2.18. The molecular weight excluding hydrogens is 349 g/mol. The third-order valence-corrected chi connectivity index (χ3v) is 3.72. The highest BCUT2D eigenvalue weighted by atomic mass is 79.9. The minimum Gasteiger partial charge on any atom is -0.352 e. The summed E-state index contributed by atoms with van der Waals surface area (Å²) >= 11 is 3.34. The number of carbonyl (C=O) groups is 1. The Morgan fingerprint density at radius 2 is 2.14 bits per heavy atom. The normalized spacial score (nSPS) is 10.8. The van der Waals surface area contributed by atoms with Gasteiger partial charge in [0.2, 0.25) is 0 Å². The lowest BCUT2D eigenvalue weighted by Gasteiger charge is -2.04. The van der Waals surface area contributed by atoms with E-state index in [1.165, 1.54) is 12.1 Å². The molecule has 0 aliphatic carbocycles. The summed E-state index contributed by atoms with van der Waals surface area (Å²) in [5.74, 6) is 0.282. The maximum absolute atomic E-state index is 13.1. The molecular formula is C16H13BrFN3O. The van der Waals surface area contributed by atoms with Gasteiger partial charge in [0.25, 0.3) is 5.91 Å². The molecule has 0 radical (unpaired) electrons. The van der Waals surface area contributed by atoms with Gasteiger partial charge in [-0.3, -0.25) is 4.79 Å². The maximum Gasteiger partial charge on any atom is 0.251 e. The summed E-state index contributed by atoms with van der Waals surface area (Å²) in [7, 11) is 0. The molecule has 1 heterocycles. The van der Waals surface area contributed by atoms with E-state index < -0.39 is 0 Å². The van der Waals surface area contributed by atoms with Crippen LogP contribution in [0.2, 0.25) is 0 Å². The lowest BCUT2D eigenvalue weighted by atomic mass is 10.2. The molecule has 0 saturated carbocycles. The Bertz CT molecular complexity index is 831. The van der Waals surface area contributed by atoms with E-state index in [-0.39, 0.29) is 11.7 Å². The van der Waals surface area contributed by atoms with Crippen LogP contribution in [0.3, 0.4) is 0 Å². The number of H-pyrrole nitrogens is 1. The Labute approximate surface area is 134 Å². The van der Waals surface area contributed by atoms with Crippen molar-refractivity contribution in [2.75, 3.05) is 6.54 Å². The fourth-order valence-corrected chi connectivity index (χ4v) is 2.58. The molecule has 0 fully saturated rings. The number of halogens is 2. The highest BCUT2D eigenvalue weighted by Gasteiger charge is 2.07. The maximum atomic E-state index is 13.1. The van der Waals surface area contributed by atoms with Crippen molar-refractivity contribution in [3.63, 3.8) is 0 Å². The number of aromatic amines is 1. The quantitative estimate of drug-likeness (QED) is 0.747. The van der Waals surface area contributed by atoms with Crippen molar-refractivity contribution < 1.29 is 9.18 Å². The van der Waals surface area contributed by atoms with E-state index >= 15 is 0 Å². The van der Waals surface area contributed by atoms with Crippen molar-refractivity contribution in [2.45, 2.75) is 6.42 Å². The average Bonchev–Trinajstić information content (AvgIpc) is 2.89. The first-order valence-corrected chi connectivity index (χ1v) is 7.59. The number of hydrogen-bond acceptors (Lipinski definition) is 2. The number of fused-ring (bicyclic) bond motifs is 1. The van der Waals surface area contributed by atoms with Crippen molar-refractivity contribution in [1.29, 1.82) is 0 Å². The van der Waals surface area contributed by atoms with Crippen LogP contribution in [0.5, 0.6) is 0 Å². The van der Waals surface area contributed by atoms with Gasteiger partial charge >= 0.3 is 0 Å². The van der Waals surface area contributed by atoms with Crippen LogP contribution in [-0.4, -0.2) is 22.4 Å². The zero-order valence-corrected chi connectivity index (χ0v) is 13.2. The van der Waals surface area contributed by atoms with Gasteiger partial charge in [0, 0.05) is 23.0 Å². The van der Waals surface area contributed by atoms with Crippen LogP contribution >= 0.6 is 15.9 Å². The monoisotopic (exact) mass is 361 g/mol. The van der Waals surface area contributed by atoms with E-state index in [4.69, 9.17) is 0 Å². The number of carbonyl (C=O) groups excluding carboxylic acids is 1. The summed E-state index contributed by atoms with van der Waals surface area (Å²) in [5.41, 5.74) is 1.98. The van der Waals surface area contributed by atoms with Gasteiger partial charge in [-0.1, -0.05) is 22.0 Å². The molecule has 0 unspecified atom stereocenters. The topological polar surface area (TPSA) is 57.8 Å². The lowest BCUT2D eigenvalue weighted by Crippen LogP contribution is -2.25. The van der Waals surface area contributed by atoms with Crippen LogP contribution in [0.15, 0.2) is 46.9 Å². The number of aromatic nitrogens is 2. The highest BCUT2D eigenvalue weighted by Crippen LogP contribution is 2.13. The second kappa shape index (κ2) is 6.27. The Balaban J connectivity index is 1.61. The summed E-state index contributed by atoms with van der Waals surface area (Å²) < 4.78 is 14.0. The molecule has 0 spiro atoms. The molecule has 22 heavy (non-hydrogen) atoms. The van der Waals surface area contributed by atoms with Crippen LogP contribution in [-0.2, 0) is 6.42 Å². The molecule has 3 rings (SSSR count). The van der Waals surface area contributed by atoms with E-state index in [1.54, 1.807) is 18.2 Å². The number of nitrogens with one attached hydrogen (secondary N) is 2. The van der Waals surface area contributed by atoms with Crippen molar-refractivity contribution in [3.05, 3.63) is 64.1 Å². The average molecular weight is 362 g/mol. The predicted octanol–water partition coefficient (Wildman–Crippen LogP) is 3.44. The molecule has 0 atom stereocenters. The van der Waals surface area contributed by atoms with Crippen molar-refractivity contribution in [3.8, 4) is 0 Å². The number of amides is 1. The summed E-state index contributed by atoms with van der Waals surface area (Å²) in [5, 5.41) is 2.84. The van der Waals surface area contributed by atoms with E-state index in [0.29, 0.717) is 24.0 Å². The van der Waals surface area contributed by atoms with E-state index in [0.717, 1.165) is 15.8 Å². The molecule has 0 saturated heterocycles. The van der Waals surface area contributed by atoms with Crippen LogP contribution in [0, 0.1) is 5.82 Å². The van der Waals surface area contributed by atoms with Gasteiger partial charge in [-0.05, 0) is 36.4 Å². The summed E-state index contributed by atoms with van der Waals surface area (Å²) in [6.45, 7) is 0.452. The Hall–Kier alpha value is -2.21. The number of rotatable bonds is 4. The van der Waals surface area contributed by atoms with Gasteiger partial charge in [0.05, 0.1) is 11.0 Å². The standard InChI is InChI=1S/C16H13BrFN3O/c17-11-3-1-2-10(8-11)16(22)19-7-6-15-20-13-5-4-12(18)9-14(13)21-15/h1-5,8-9H,6-7H2,(H,19,22)(H,20,21). The molecule has 2 aromatic carbocycles. The Morgan fingerprint density at radius 1 is 1.27 bits per heavy atom. The van der Waals surface area contributed by atoms with Gasteiger partial charge in [0.15, 0.2) is 0 Å². The first kappa shape index (κ1) is 14.7. The molecule has 1 aromatic heterocycles. The molecule has 4 nitrogen and oxygen atoms in total.